The van der Waals surface area contributed by atoms with E-state index in [1.54, 1.807) is 24.3 Å². The summed E-state index contributed by atoms with van der Waals surface area (Å²) in [4.78, 5) is 42.6. The number of aryl methyl sites for hydroxylation is 2. The van der Waals surface area contributed by atoms with Crippen molar-refractivity contribution in [3.8, 4) is 0 Å². The van der Waals surface area contributed by atoms with Crippen LogP contribution in [-0.4, -0.2) is 22.5 Å². The molecule has 0 saturated heterocycles. The number of carbonyl (C=O) groups is 3. The van der Waals surface area contributed by atoms with Gasteiger partial charge in [-0.15, -0.1) is 11.3 Å². The molecule has 0 spiro atoms. The molecule has 1 aliphatic rings. The normalized spacial score (nSPS) is 13.7. The van der Waals surface area contributed by atoms with Crippen molar-refractivity contribution in [1.29, 1.82) is 0 Å². The van der Waals surface area contributed by atoms with Crippen LogP contribution in [0.3, 0.4) is 0 Å². The summed E-state index contributed by atoms with van der Waals surface area (Å²) in [7, 11) is 0. The van der Waals surface area contributed by atoms with Crippen LogP contribution >= 0.6 is 11.3 Å². The molecule has 6 heteroatoms. The summed E-state index contributed by atoms with van der Waals surface area (Å²) >= 11 is 1.50. The topological polar surface area (TPSA) is 68.5 Å². The number of amides is 1. The molecule has 0 bridgehead atoms. The second-order valence-corrected chi connectivity index (χ2v) is 8.56. The van der Waals surface area contributed by atoms with E-state index in [0.717, 1.165) is 43.2 Å². The summed E-state index contributed by atoms with van der Waals surface area (Å²) in [5, 5.41) is 0. The van der Waals surface area contributed by atoms with Crippen LogP contribution in [0.1, 0.15) is 60.1 Å². The van der Waals surface area contributed by atoms with E-state index in [-0.39, 0.29) is 18.2 Å². The quantitative estimate of drug-likeness (QED) is 0.461. The van der Waals surface area contributed by atoms with E-state index in [1.807, 2.05) is 35.8 Å². The number of ketones is 1. The van der Waals surface area contributed by atoms with Crippen molar-refractivity contribution in [3.05, 3.63) is 86.2 Å². The van der Waals surface area contributed by atoms with Crippen LogP contribution in [0.5, 0.6) is 0 Å². The van der Waals surface area contributed by atoms with Gasteiger partial charge in [0.05, 0.1) is 6.54 Å². The lowest BCUT2D eigenvalue weighted by molar-refractivity contribution is 0.0961. The molecule has 1 aromatic heterocycles. The third kappa shape index (κ3) is 4.24. The van der Waals surface area contributed by atoms with E-state index in [0.29, 0.717) is 21.5 Å². The van der Waals surface area contributed by atoms with Crippen molar-refractivity contribution in [1.82, 2.24) is 4.57 Å². The Hall–Kier alpha value is -3.12. The predicted molar refractivity (Wildman–Crippen MR) is 116 cm³/mol. The molecule has 30 heavy (non-hydrogen) atoms. The van der Waals surface area contributed by atoms with Gasteiger partial charge < -0.3 is 4.57 Å². The molecule has 0 saturated carbocycles. The van der Waals surface area contributed by atoms with Gasteiger partial charge in [0.15, 0.2) is 10.6 Å². The predicted octanol–water partition coefficient (Wildman–Crippen LogP) is 4.17. The average molecular weight is 419 g/mol. The molecule has 1 aliphatic carbocycles. The fourth-order valence-electron chi connectivity index (χ4n) is 3.61. The molecule has 0 atom stereocenters. The highest BCUT2D eigenvalue weighted by Gasteiger charge is 2.20. The molecule has 0 N–H and O–H groups in total. The van der Waals surface area contributed by atoms with Crippen molar-refractivity contribution >= 4 is 29.3 Å². The van der Waals surface area contributed by atoms with Gasteiger partial charge in [-0.1, -0.05) is 42.0 Å². The van der Waals surface area contributed by atoms with Gasteiger partial charge in [-0.05, 0) is 44.7 Å². The van der Waals surface area contributed by atoms with E-state index in [1.165, 1.54) is 16.2 Å². The number of hydrogen-bond acceptors (Lipinski definition) is 4. The van der Waals surface area contributed by atoms with Gasteiger partial charge in [0.25, 0.3) is 5.91 Å². The number of nitrogens with zero attached hydrogens (tertiary/aromatic N) is 2. The fraction of sp³-hybridized carbons (Fsp3) is 0.250. The lowest BCUT2D eigenvalue weighted by Crippen LogP contribution is -2.24. The first kappa shape index (κ1) is 20.2. The molecule has 0 radical (unpaired) electrons. The number of benzene rings is 2. The largest absolute Gasteiger partial charge is 0.313 e. The number of Topliss-reactive ketones (excluding diaryl/α,β-unsaturated/α-hetero) is 1. The number of thiazole rings is 1. The molecule has 3 aromatic rings. The Balaban J connectivity index is 1.70. The van der Waals surface area contributed by atoms with Crippen LogP contribution < -0.4 is 4.80 Å². The van der Waals surface area contributed by atoms with Crippen LogP contribution in [0.2, 0.25) is 0 Å². The summed E-state index contributed by atoms with van der Waals surface area (Å²) in [5.74, 6) is -0.368. The third-order valence-electron chi connectivity index (χ3n) is 5.33. The summed E-state index contributed by atoms with van der Waals surface area (Å²) in [6.45, 7) is 2.16. The van der Waals surface area contributed by atoms with Gasteiger partial charge in [0.2, 0.25) is 0 Å². The van der Waals surface area contributed by atoms with Crippen LogP contribution in [0.4, 0.5) is 0 Å². The Morgan fingerprint density at radius 2 is 1.67 bits per heavy atom. The van der Waals surface area contributed by atoms with Gasteiger partial charge in [0.1, 0.15) is 6.29 Å². The summed E-state index contributed by atoms with van der Waals surface area (Å²) < 4.78 is 1.92. The van der Waals surface area contributed by atoms with Gasteiger partial charge in [-0.3, -0.25) is 14.4 Å². The molecule has 5 nitrogen and oxygen atoms in total. The average Bonchev–Trinajstić information content (AvgIpc) is 3.11. The van der Waals surface area contributed by atoms with Crippen LogP contribution in [0.25, 0.3) is 0 Å². The van der Waals surface area contributed by atoms with Gasteiger partial charge in [-0.2, -0.15) is 4.99 Å². The number of aromatic nitrogens is 1. The molecule has 1 amide bonds. The number of aldehydes is 1. The Morgan fingerprint density at radius 1 is 1.00 bits per heavy atom. The van der Waals surface area contributed by atoms with Gasteiger partial charge >= 0.3 is 0 Å². The first-order chi connectivity index (χ1) is 14.5. The summed E-state index contributed by atoms with van der Waals surface area (Å²) in [6.07, 6.45) is 4.77. The zero-order chi connectivity index (χ0) is 21.1. The summed E-state index contributed by atoms with van der Waals surface area (Å²) in [6, 6.07) is 13.9. The van der Waals surface area contributed by atoms with E-state index < -0.39 is 0 Å². The fourth-order valence-corrected chi connectivity index (χ4v) is 4.82. The van der Waals surface area contributed by atoms with Gasteiger partial charge in [-0.25, -0.2) is 0 Å². The minimum absolute atomic E-state index is 0.00501. The van der Waals surface area contributed by atoms with E-state index >= 15 is 0 Å². The first-order valence-corrected chi connectivity index (χ1v) is 10.8. The highest BCUT2D eigenvalue weighted by Crippen LogP contribution is 2.24. The van der Waals surface area contributed by atoms with Crippen molar-refractivity contribution in [2.45, 2.75) is 39.2 Å². The first-order valence-electron chi connectivity index (χ1n) is 10.0. The van der Waals surface area contributed by atoms with E-state index in [9.17, 15) is 14.4 Å². The molecular formula is C24H22N2O3S. The van der Waals surface area contributed by atoms with E-state index in [2.05, 4.69) is 4.99 Å². The second-order valence-electron chi connectivity index (χ2n) is 7.49. The minimum atomic E-state index is -0.373. The van der Waals surface area contributed by atoms with Crippen LogP contribution in [-0.2, 0) is 19.4 Å². The Kier molecular flexibility index (Phi) is 5.86. The van der Waals surface area contributed by atoms with Gasteiger partial charge in [0, 0.05) is 27.3 Å². The van der Waals surface area contributed by atoms with Crippen molar-refractivity contribution in [2.24, 2.45) is 4.99 Å². The smallest absolute Gasteiger partial charge is 0.279 e. The Bertz CT molecular complexity index is 1170. The standard InChI is InChI=1S/C24H22N2O3S/c1-16-6-10-18(11-7-16)21(28)14-26-20-4-2-3-5-22(20)30-24(26)25-23(29)19-12-8-17(15-27)9-13-19/h6-13,15H,2-5,14H2,1H3/b25-24-. The zero-order valence-electron chi connectivity index (χ0n) is 16.8. The second kappa shape index (κ2) is 8.71. The molecule has 1 heterocycles. The molecular weight excluding hydrogens is 396 g/mol. The third-order valence-corrected chi connectivity index (χ3v) is 6.51. The highest BCUT2D eigenvalue weighted by molar-refractivity contribution is 7.09. The maximum Gasteiger partial charge on any atom is 0.279 e. The van der Waals surface area contributed by atoms with Crippen LogP contribution in [0.15, 0.2) is 53.5 Å². The number of rotatable bonds is 5. The maximum absolute atomic E-state index is 12.9. The highest BCUT2D eigenvalue weighted by atomic mass is 32.1. The molecule has 2 aromatic carbocycles. The van der Waals surface area contributed by atoms with Crippen molar-refractivity contribution < 1.29 is 14.4 Å². The number of carbonyl (C=O) groups excluding carboxylic acids is 3. The number of hydrogen-bond donors (Lipinski definition) is 0. The lowest BCUT2D eigenvalue weighted by atomic mass is 10.0. The van der Waals surface area contributed by atoms with E-state index in [4.69, 9.17) is 0 Å². The zero-order valence-corrected chi connectivity index (χ0v) is 17.6. The minimum Gasteiger partial charge on any atom is -0.313 e. The molecule has 0 aliphatic heterocycles. The van der Waals surface area contributed by atoms with Crippen molar-refractivity contribution in [2.75, 3.05) is 0 Å². The SMILES string of the molecule is Cc1ccc(C(=O)Cn2c3c(s/c2=N\C(=O)c2ccc(C=O)cc2)CCCC3)cc1. The lowest BCUT2D eigenvalue weighted by Gasteiger charge is -2.14. The molecule has 0 fully saturated rings. The molecule has 4 rings (SSSR count). The monoisotopic (exact) mass is 418 g/mol. The maximum atomic E-state index is 12.9. The Morgan fingerprint density at radius 3 is 2.37 bits per heavy atom. The van der Waals surface area contributed by atoms with Crippen molar-refractivity contribution in [3.63, 3.8) is 0 Å². The number of fused-ring (bicyclic) bond motifs is 1. The van der Waals surface area contributed by atoms with Crippen LogP contribution in [0, 0.1) is 6.92 Å². The summed E-state index contributed by atoms with van der Waals surface area (Å²) in [5.41, 5.74) is 3.81. The molecule has 0 unspecified atom stereocenters. The molecule has 152 valence electrons. The Labute approximate surface area is 178 Å².